The second-order valence-corrected chi connectivity index (χ2v) is 8.22. The largest absolute Gasteiger partial charge is 0.463 e. The summed E-state index contributed by atoms with van der Waals surface area (Å²) in [6.45, 7) is 5.89. The molecule has 0 saturated heterocycles. The lowest BCUT2D eigenvalue weighted by molar-refractivity contribution is -0.139. The lowest BCUT2D eigenvalue weighted by atomic mass is 9.96. The SMILES string of the molecule is CCOC(=O)C1=C(C)Nc2nc(SCc3cccc(C)c3)nn2[C@@H]1c1ccc(F)cc1. The van der Waals surface area contributed by atoms with Gasteiger partial charge in [0.2, 0.25) is 11.1 Å². The average molecular weight is 439 g/mol. The Morgan fingerprint density at radius 2 is 2.00 bits per heavy atom. The zero-order valence-corrected chi connectivity index (χ0v) is 18.4. The van der Waals surface area contributed by atoms with Gasteiger partial charge in [-0.2, -0.15) is 4.98 Å². The van der Waals surface area contributed by atoms with Crippen LogP contribution in [0.3, 0.4) is 0 Å². The molecule has 6 nitrogen and oxygen atoms in total. The number of thioether (sulfide) groups is 1. The third kappa shape index (κ3) is 4.49. The van der Waals surface area contributed by atoms with Crippen LogP contribution in [0.1, 0.15) is 36.6 Å². The summed E-state index contributed by atoms with van der Waals surface area (Å²) in [5.41, 5.74) is 4.19. The van der Waals surface area contributed by atoms with Crippen molar-refractivity contribution in [1.29, 1.82) is 0 Å². The van der Waals surface area contributed by atoms with Crippen molar-refractivity contribution in [2.45, 2.75) is 37.7 Å². The zero-order valence-electron chi connectivity index (χ0n) is 17.6. The Labute approximate surface area is 184 Å². The molecule has 160 valence electrons. The van der Waals surface area contributed by atoms with Crippen LogP contribution in [0.25, 0.3) is 0 Å². The summed E-state index contributed by atoms with van der Waals surface area (Å²) in [6, 6.07) is 13.8. The molecule has 0 aliphatic carbocycles. The average Bonchev–Trinajstić information content (AvgIpc) is 3.14. The topological polar surface area (TPSA) is 69.0 Å². The number of aryl methyl sites for hydroxylation is 1. The molecule has 31 heavy (non-hydrogen) atoms. The summed E-state index contributed by atoms with van der Waals surface area (Å²) in [5.74, 6) is 0.483. The first kappa shape index (κ1) is 21.1. The Balaban J connectivity index is 1.68. The van der Waals surface area contributed by atoms with Gasteiger partial charge in [-0.1, -0.05) is 53.7 Å². The maximum atomic E-state index is 13.5. The predicted molar refractivity (Wildman–Crippen MR) is 118 cm³/mol. The van der Waals surface area contributed by atoms with Crippen LogP contribution in [0.5, 0.6) is 0 Å². The van der Waals surface area contributed by atoms with Gasteiger partial charge < -0.3 is 10.1 Å². The number of nitrogens with zero attached hydrogens (tertiary/aromatic N) is 3. The summed E-state index contributed by atoms with van der Waals surface area (Å²) < 4.78 is 20.5. The van der Waals surface area contributed by atoms with Crippen LogP contribution in [-0.4, -0.2) is 27.3 Å². The summed E-state index contributed by atoms with van der Waals surface area (Å²) in [7, 11) is 0. The maximum absolute atomic E-state index is 13.5. The van der Waals surface area contributed by atoms with Crippen molar-refractivity contribution in [3.63, 3.8) is 0 Å². The number of esters is 1. The van der Waals surface area contributed by atoms with Crippen LogP contribution in [0.2, 0.25) is 0 Å². The highest BCUT2D eigenvalue weighted by Crippen LogP contribution is 2.37. The molecule has 3 aromatic rings. The first-order chi connectivity index (χ1) is 15.0. The number of hydrogen-bond acceptors (Lipinski definition) is 6. The highest BCUT2D eigenvalue weighted by Gasteiger charge is 2.35. The van der Waals surface area contributed by atoms with E-state index >= 15 is 0 Å². The molecule has 1 aromatic heterocycles. The van der Waals surface area contributed by atoms with Crippen LogP contribution in [0.15, 0.2) is 65.0 Å². The predicted octanol–water partition coefficient (Wildman–Crippen LogP) is 4.87. The van der Waals surface area contributed by atoms with E-state index in [-0.39, 0.29) is 12.4 Å². The molecule has 4 rings (SSSR count). The van der Waals surface area contributed by atoms with E-state index in [1.165, 1.54) is 35.0 Å². The first-order valence-corrected chi connectivity index (χ1v) is 11.0. The fraction of sp³-hybridized carbons (Fsp3) is 0.261. The van der Waals surface area contributed by atoms with Gasteiger partial charge >= 0.3 is 5.97 Å². The van der Waals surface area contributed by atoms with Crippen molar-refractivity contribution in [3.8, 4) is 0 Å². The molecule has 2 heterocycles. The normalized spacial score (nSPS) is 15.4. The van der Waals surface area contributed by atoms with Gasteiger partial charge in [0.05, 0.1) is 12.2 Å². The van der Waals surface area contributed by atoms with Crippen molar-refractivity contribution in [3.05, 3.63) is 82.3 Å². The molecule has 8 heteroatoms. The highest BCUT2D eigenvalue weighted by atomic mass is 32.2. The van der Waals surface area contributed by atoms with E-state index in [1.54, 1.807) is 30.7 Å². The van der Waals surface area contributed by atoms with E-state index in [0.29, 0.717) is 22.4 Å². The number of aromatic nitrogens is 3. The second-order valence-electron chi connectivity index (χ2n) is 7.28. The molecule has 0 spiro atoms. The van der Waals surface area contributed by atoms with Crippen molar-refractivity contribution in [2.75, 3.05) is 11.9 Å². The van der Waals surface area contributed by atoms with Gasteiger partial charge in [0.1, 0.15) is 11.9 Å². The zero-order chi connectivity index (χ0) is 22.0. The van der Waals surface area contributed by atoms with Crippen molar-refractivity contribution >= 4 is 23.7 Å². The first-order valence-electron chi connectivity index (χ1n) is 10.0. The molecular formula is C23H23FN4O2S. The third-order valence-corrected chi connectivity index (χ3v) is 5.87. The van der Waals surface area contributed by atoms with E-state index < -0.39 is 12.0 Å². The van der Waals surface area contributed by atoms with Gasteiger partial charge in [0.15, 0.2) is 0 Å². The van der Waals surface area contributed by atoms with Gasteiger partial charge in [-0.05, 0) is 44.0 Å². The minimum Gasteiger partial charge on any atom is -0.463 e. The number of halogens is 1. The molecular weight excluding hydrogens is 415 g/mol. The Hall–Kier alpha value is -3.13. The minimum atomic E-state index is -0.559. The second kappa shape index (κ2) is 8.93. The summed E-state index contributed by atoms with van der Waals surface area (Å²) in [5, 5.41) is 8.43. The lowest BCUT2D eigenvalue weighted by Gasteiger charge is -2.28. The van der Waals surface area contributed by atoms with Gasteiger partial charge in [-0.15, -0.1) is 5.10 Å². The smallest absolute Gasteiger partial charge is 0.338 e. The van der Waals surface area contributed by atoms with Crippen LogP contribution < -0.4 is 5.32 Å². The van der Waals surface area contributed by atoms with Crippen molar-refractivity contribution < 1.29 is 13.9 Å². The number of nitrogens with one attached hydrogen (secondary N) is 1. The quantitative estimate of drug-likeness (QED) is 0.437. The summed E-state index contributed by atoms with van der Waals surface area (Å²) in [6.07, 6.45) is 0. The van der Waals surface area contributed by atoms with Crippen molar-refractivity contribution in [2.24, 2.45) is 0 Å². The van der Waals surface area contributed by atoms with Crippen LogP contribution in [-0.2, 0) is 15.3 Å². The Bertz CT molecular complexity index is 1140. The van der Waals surface area contributed by atoms with E-state index in [4.69, 9.17) is 4.74 Å². The molecule has 2 aromatic carbocycles. The Morgan fingerprint density at radius 1 is 1.23 bits per heavy atom. The van der Waals surface area contributed by atoms with Crippen LogP contribution in [0, 0.1) is 12.7 Å². The van der Waals surface area contributed by atoms with E-state index in [0.717, 1.165) is 11.3 Å². The molecule has 0 fully saturated rings. The molecule has 0 saturated carbocycles. The van der Waals surface area contributed by atoms with Gasteiger partial charge in [0, 0.05) is 11.4 Å². The molecule has 0 unspecified atom stereocenters. The number of rotatable bonds is 6. The standard InChI is InChI=1S/C23H23FN4O2S/c1-4-30-21(29)19-15(3)25-22-26-23(31-13-16-7-5-6-14(2)12-16)27-28(22)20(19)17-8-10-18(24)11-9-17/h5-12,20H,4,13H2,1-3H3,(H,25,26,27)/t20-/m1/s1. The maximum Gasteiger partial charge on any atom is 0.338 e. The number of ether oxygens (including phenoxy) is 1. The molecule has 0 radical (unpaired) electrons. The number of benzene rings is 2. The number of anilines is 1. The lowest BCUT2D eigenvalue weighted by Crippen LogP contribution is -2.29. The van der Waals surface area contributed by atoms with Gasteiger partial charge in [-0.25, -0.2) is 13.9 Å². The molecule has 0 bridgehead atoms. The molecule has 1 aliphatic rings. The minimum absolute atomic E-state index is 0.257. The number of carbonyl (C=O) groups is 1. The number of allylic oxidation sites excluding steroid dienone is 1. The van der Waals surface area contributed by atoms with Crippen molar-refractivity contribution in [1.82, 2.24) is 14.8 Å². The molecule has 1 N–H and O–H groups in total. The Morgan fingerprint density at radius 3 is 2.71 bits per heavy atom. The fourth-order valence-corrected chi connectivity index (χ4v) is 4.34. The summed E-state index contributed by atoms with van der Waals surface area (Å²) >= 11 is 1.52. The fourth-order valence-electron chi connectivity index (χ4n) is 3.57. The third-order valence-electron chi connectivity index (χ3n) is 4.96. The number of carbonyl (C=O) groups excluding carboxylic acids is 1. The molecule has 0 amide bonds. The Kier molecular flexibility index (Phi) is 6.08. The molecule has 1 aliphatic heterocycles. The van der Waals surface area contributed by atoms with E-state index in [1.807, 2.05) is 6.07 Å². The van der Waals surface area contributed by atoms with Gasteiger partial charge in [0.25, 0.3) is 0 Å². The molecule has 1 atom stereocenters. The number of fused-ring (bicyclic) bond motifs is 1. The van der Waals surface area contributed by atoms with Crippen LogP contribution in [0.4, 0.5) is 10.3 Å². The number of hydrogen-bond donors (Lipinski definition) is 1. The monoisotopic (exact) mass is 438 g/mol. The highest BCUT2D eigenvalue weighted by molar-refractivity contribution is 7.98. The van der Waals surface area contributed by atoms with Gasteiger partial charge in [-0.3, -0.25) is 0 Å². The van der Waals surface area contributed by atoms with Crippen LogP contribution >= 0.6 is 11.8 Å². The van der Waals surface area contributed by atoms with E-state index in [9.17, 15) is 9.18 Å². The summed E-state index contributed by atoms with van der Waals surface area (Å²) in [4.78, 5) is 17.4. The van der Waals surface area contributed by atoms with E-state index in [2.05, 4.69) is 40.5 Å².